The van der Waals surface area contributed by atoms with Crippen molar-refractivity contribution in [3.63, 3.8) is 0 Å². The van der Waals surface area contributed by atoms with Gasteiger partial charge in [0, 0.05) is 6.42 Å². The van der Waals surface area contributed by atoms with Gasteiger partial charge in [-0.15, -0.1) is 11.3 Å². The number of piperidine rings is 1. The van der Waals surface area contributed by atoms with E-state index in [-0.39, 0.29) is 18.2 Å². The van der Waals surface area contributed by atoms with Gasteiger partial charge in [0.05, 0.1) is 8.66 Å². The van der Waals surface area contributed by atoms with Crippen LogP contribution < -0.4 is 10.6 Å². The molecule has 0 aliphatic carbocycles. The van der Waals surface area contributed by atoms with Gasteiger partial charge in [0.15, 0.2) is 0 Å². The highest BCUT2D eigenvalue weighted by molar-refractivity contribution is 9.11. The summed E-state index contributed by atoms with van der Waals surface area (Å²) in [5.41, 5.74) is 0.980. The molecule has 96 valence electrons. The Hall–Kier alpha value is -1.21. The van der Waals surface area contributed by atoms with Crippen molar-refractivity contribution in [2.24, 2.45) is 0 Å². The average Bonchev–Trinajstić information content (AvgIpc) is 2.63. The van der Waals surface area contributed by atoms with Gasteiger partial charge >= 0.3 is 0 Å². The Labute approximate surface area is 116 Å². The molecule has 18 heavy (non-hydrogen) atoms. The quantitative estimate of drug-likeness (QED) is 0.804. The minimum atomic E-state index is -0.628. The Bertz CT molecular complexity index is 507. The third kappa shape index (κ3) is 2.78. The standard InChI is InChI=1S/C11H11BrN2O3S/c1-5-4-7(18-9(5)12)11(17)13-6-2-3-8(15)14-10(6)16/h4,6H,2-3H2,1H3,(H,13,17)(H,14,15,16). The lowest BCUT2D eigenvalue weighted by atomic mass is 10.1. The van der Waals surface area contributed by atoms with Crippen LogP contribution in [0.5, 0.6) is 0 Å². The molecule has 0 saturated carbocycles. The first-order valence-corrected chi connectivity index (χ1v) is 6.99. The van der Waals surface area contributed by atoms with Crippen LogP contribution in [-0.2, 0) is 9.59 Å². The molecule has 1 atom stereocenters. The summed E-state index contributed by atoms with van der Waals surface area (Å²) >= 11 is 4.66. The lowest BCUT2D eigenvalue weighted by Crippen LogP contribution is -2.52. The Morgan fingerprint density at radius 1 is 1.56 bits per heavy atom. The summed E-state index contributed by atoms with van der Waals surface area (Å²) in [6.45, 7) is 1.89. The van der Waals surface area contributed by atoms with Gasteiger partial charge in [-0.1, -0.05) is 0 Å². The van der Waals surface area contributed by atoms with Crippen molar-refractivity contribution in [3.8, 4) is 0 Å². The summed E-state index contributed by atoms with van der Waals surface area (Å²) in [6, 6.07) is 1.13. The second-order valence-electron chi connectivity index (χ2n) is 4.04. The maximum atomic E-state index is 11.9. The third-order valence-corrected chi connectivity index (χ3v) is 4.76. The molecule has 0 spiro atoms. The zero-order valence-corrected chi connectivity index (χ0v) is 12.0. The third-order valence-electron chi connectivity index (χ3n) is 2.63. The summed E-state index contributed by atoms with van der Waals surface area (Å²) in [5.74, 6) is -1.02. The molecule has 0 radical (unpaired) electrons. The molecule has 1 aliphatic heterocycles. The van der Waals surface area contributed by atoms with Gasteiger partial charge in [-0.05, 0) is 40.9 Å². The van der Waals surface area contributed by atoms with E-state index < -0.39 is 11.9 Å². The van der Waals surface area contributed by atoms with Gasteiger partial charge in [0.2, 0.25) is 11.8 Å². The number of aryl methyl sites for hydroxylation is 1. The van der Waals surface area contributed by atoms with Gasteiger partial charge in [0.1, 0.15) is 6.04 Å². The molecule has 1 unspecified atom stereocenters. The number of hydrogen-bond donors (Lipinski definition) is 2. The zero-order chi connectivity index (χ0) is 13.3. The molecule has 5 nitrogen and oxygen atoms in total. The smallest absolute Gasteiger partial charge is 0.262 e. The van der Waals surface area contributed by atoms with Crippen LogP contribution in [0.15, 0.2) is 9.85 Å². The highest BCUT2D eigenvalue weighted by atomic mass is 79.9. The maximum Gasteiger partial charge on any atom is 0.262 e. The predicted molar refractivity (Wildman–Crippen MR) is 70.4 cm³/mol. The van der Waals surface area contributed by atoms with E-state index >= 15 is 0 Å². The number of halogens is 1. The number of hydrogen-bond acceptors (Lipinski definition) is 4. The van der Waals surface area contributed by atoms with E-state index in [0.29, 0.717) is 11.3 Å². The minimum Gasteiger partial charge on any atom is -0.340 e. The van der Waals surface area contributed by atoms with Crippen LogP contribution in [0.1, 0.15) is 28.1 Å². The first kappa shape index (κ1) is 13.2. The highest BCUT2D eigenvalue weighted by Crippen LogP contribution is 2.27. The lowest BCUT2D eigenvalue weighted by Gasteiger charge is -2.21. The molecule has 2 N–H and O–H groups in total. The lowest BCUT2D eigenvalue weighted by molar-refractivity contribution is -0.134. The van der Waals surface area contributed by atoms with Crippen molar-refractivity contribution in [3.05, 3.63) is 20.3 Å². The Kier molecular flexibility index (Phi) is 3.82. The van der Waals surface area contributed by atoms with Crippen molar-refractivity contribution in [1.82, 2.24) is 10.6 Å². The van der Waals surface area contributed by atoms with Gasteiger partial charge in [0.25, 0.3) is 5.91 Å². The Morgan fingerprint density at radius 3 is 2.83 bits per heavy atom. The predicted octanol–water partition coefficient (Wildman–Crippen LogP) is 1.35. The molecule has 2 heterocycles. The second-order valence-corrected chi connectivity index (χ2v) is 6.41. The van der Waals surface area contributed by atoms with E-state index in [1.165, 1.54) is 11.3 Å². The van der Waals surface area contributed by atoms with Gasteiger partial charge in [-0.3, -0.25) is 19.7 Å². The normalized spacial score (nSPS) is 19.6. The van der Waals surface area contributed by atoms with E-state index in [9.17, 15) is 14.4 Å². The van der Waals surface area contributed by atoms with Crippen LogP contribution in [0.25, 0.3) is 0 Å². The molecule has 1 saturated heterocycles. The fourth-order valence-corrected chi connectivity index (χ4v) is 3.07. The topological polar surface area (TPSA) is 75.3 Å². The first-order valence-electron chi connectivity index (χ1n) is 5.38. The average molecular weight is 331 g/mol. The minimum absolute atomic E-state index is 0.254. The van der Waals surface area contributed by atoms with Crippen LogP contribution in [0.2, 0.25) is 0 Å². The summed E-state index contributed by atoms with van der Waals surface area (Å²) in [7, 11) is 0. The SMILES string of the molecule is Cc1cc(C(=O)NC2CCC(=O)NC2=O)sc1Br. The molecular weight excluding hydrogens is 320 g/mol. The van der Waals surface area contributed by atoms with E-state index in [1.807, 2.05) is 6.92 Å². The molecular formula is C11H11BrN2O3S. The Balaban J connectivity index is 2.03. The van der Waals surface area contributed by atoms with E-state index in [2.05, 4.69) is 26.6 Å². The van der Waals surface area contributed by atoms with Gasteiger partial charge < -0.3 is 5.32 Å². The molecule has 1 aromatic rings. The molecule has 1 aliphatic rings. The van der Waals surface area contributed by atoms with Crippen LogP contribution in [0.3, 0.4) is 0 Å². The van der Waals surface area contributed by atoms with Crippen LogP contribution in [-0.4, -0.2) is 23.8 Å². The number of thiophene rings is 1. The van der Waals surface area contributed by atoms with Crippen molar-refractivity contribution in [2.75, 3.05) is 0 Å². The number of carbonyl (C=O) groups excluding carboxylic acids is 3. The molecule has 1 aromatic heterocycles. The summed E-state index contributed by atoms with van der Waals surface area (Å²) in [6.07, 6.45) is 0.603. The number of carbonyl (C=O) groups is 3. The summed E-state index contributed by atoms with van der Waals surface area (Å²) < 4.78 is 0.899. The zero-order valence-electron chi connectivity index (χ0n) is 9.58. The number of nitrogens with one attached hydrogen (secondary N) is 2. The fraction of sp³-hybridized carbons (Fsp3) is 0.364. The number of imide groups is 1. The fourth-order valence-electron chi connectivity index (χ4n) is 1.63. The number of amides is 3. The van der Waals surface area contributed by atoms with Gasteiger partial charge in [-0.2, -0.15) is 0 Å². The highest BCUT2D eigenvalue weighted by Gasteiger charge is 2.28. The molecule has 3 amide bonds. The van der Waals surface area contributed by atoms with Crippen molar-refractivity contribution in [2.45, 2.75) is 25.8 Å². The van der Waals surface area contributed by atoms with E-state index in [4.69, 9.17) is 0 Å². The van der Waals surface area contributed by atoms with E-state index in [1.54, 1.807) is 6.07 Å². The Morgan fingerprint density at radius 2 is 2.28 bits per heavy atom. The van der Waals surface area contributed by atoms with Crippen LogP contribution in [0, 0.1) is 6.92 Å². The summed E-state index contributed by atoms with van der Waals surface area (Å²) in [5, 5.41) is 4.84. The monoisotopic (exact) mass is 330 g/mol. The van der Waals surface area contributed by atoms with Crippen molar-refractivity contribution < 1.29 is 14.4 Å². The second kappa shape index (κ2) is 5.19. The largest absolute Gasteiger partial charge is 0.340 e. The number of rotatable bonds is 2. The molecule has 7 heteroatoms. The van der Waals surface area contributed by atoms with Gasteiger partial charge in [-0.25, -0.2) is 0 Å². The van der Waals surface area contributed by atoms with Crippen LogP contribution >= 0.6 is 27.3 Å². The molecule has 2 rings (SSSR count). The van der Waals surface area contributed by atoms with Crippen molar-refractivity contribution >= 4 is 45.0 Å². The molecule has 1 fully saturated rings. The molecule has 0 bridgehead atoms. The summed E-state index contributed by atoms with van der Waals surface area (Å²) in [4.78, 5) is 34.9. The van der Waals surface area contributed by atoms with Crippen LogP contribution in [0.4, 0.5) is 0 Å². The molecule has 0 aromatic carbocycles. The maximum absolute atomic E-state index is 11.9. The van der Waals surface area contributed by atoms with E-state index in [0.717, 1.165) is 9.35 Å². The van der Waals surface area contributed by atoms with Crippen molar-refractivity contribution in [1.29, 1.82) is 0 Å². The first-order chi connectivity index (χ1) is 8.47.